The largest absolute Gasteiger partial charge is 0.319 e. The predicted molar refractivity (Wildman–Crippen MR) is 75.0 cm³/mol. The van der Waals surface area contributed by atoms with Crippen molar-refractivity contribution in [1.29, 1.82) is 0 Å². The van der Waals surface area contributed by atoms with Gasteiger partial charge in [0.1, 0.15) is 0 Å². The molecule has 0 spiro atoms. The van der Waals surface area contributed by atoms with E-state index in [-0.39, 0.29) is 0 Å². The monoisotopic (exact) mass is 263 g/mol. The van der Waals surface area contributed by atoms with Gasteiger partial charge in [0, 0.05) is 30.7 Å². The molecule has 0 aliphatic rings. The van der Waals surface area contributed by atoms with Crippen molar-refractivity contribution in [3.05, 3.63) is 52.8 Å². The number of benzene rings is 1. The number of hydrogen-bond donors (Lipinski definition) is 1. The molecule has 4 heteroatoms. The van der Waals surface area contributed by atoms with E-state index >= 15 is 0 Å². The molecule has 1 atom stereocenters. The van der Waals surface area contributed by atoms with Crippen LogP contribution in [0.25, 0.3) is 0 Å². The molecule has 1 N–H and O–H groups in total. The molecule has 2 rings (SSSR count). The first-order valence-corrected chi connectivity index (χ1v) is 6.44. The Morgan fingerprint density at radius 2 is 2.28 bits per heavy atom. The van der Waals surface area contributed by atoms with Crippen LogP contribution in [0, 0.1) is 0 Å². The molecule has 2 aromatic rings. The summed E-state index contributed by atoms with van der Waals surface area (Å²) in [4.78, 5) is 0. The van der Waals surface area contributed by atoms with Crippen molar-refractivity contribution in [1.82, 2.24) is 15.1 Å². The number of aromatic nitrogens is 2. The van der Waals surface area contributed by atoms with Gasteiger partial charge in [-0.2, -0.15) is 5.10 Å². The Kier molecular flexibility index (Phi) is 4.39. The third-order valence-corrected chi connectivity index (χ3v) is 3.25. The molecule has 0 saturated heterocycles. The van der Waals surface area contributed by atoms with E-state index in [1.807, 2.05) is 43.2 Å². The maximum Gasteiger partial charge on any atom is 0.0521 e. The topological polar surface area (TPSA) is 29.9 Å². The summed E-state index contributed by atoms with van der Waals surface area (Å²) in [5.41, 5.74) is 2.51. The third kappa shape index (κ3) is 3.34. The Bertz CT molecular complexity index is 507. The zero-order chi connectivity index (χ0) is 13.0. The van der Waals surface area contributed by atoms with Crippen LogP contribution < -0.4 is 5.32 Å². The highest BCUT2D eigenvalue weighted by Gasteiger charge is 2.13. The highest BCUT2D eigenvalue weighted by Crippen LogP contribution is 2.22. The second kappa shape index (κ2) is 6.03. The van der Waals surface area contributed by atoms with Crippen LogP contribution in [0.15, 0.2) is 36.7 Å². The van der Waals surface area contributed by atoms with Gasteiger partial charge in [-0.1, -0.05) is 23.7 Å². The van der Waals surface area contributed by atoms with E-state index in [0.717, 1.165) is 18.0 Å². The molecular formula is C14H18ClN3. The van der Waals surface area contributed by atoms with Crippen LogP contribution in [0.3, 0.4) is 0 Å². The zero-order valence-electron chi connectivity index (χ0n) is 10.7. The molecule has 1 unspecified atom stereocenters. The summed E-state index contributed by atoms with van der Waals surface area (Å²) in [6.45, 7) is 0.926. The minimum absolute atomic E-state index is 0.415. The molecule has 1 aromatic carbocycles. The van der Waals surface area contributed by atoms with Gasteiger partial charge in [-0.3, -0.25) is 4.68 Å². The Morgan fingerprint density at radius 1 is 1.44 bits per heavy atom. The lowest BCUT2D eigenvalue weighted by Gasteiger charge is -2.16. The molecule has 1 heterocycles. The number of nitrogens with zero attached hydrogens (tertiary/aromatic N) is 2. The van der Waals surface area contributed by atoms with Crippen molar-refractivity contribution < 1.29 is 0 Å². The maximum atomic E-state index is 6.06. The molecule has 18 heavy (non-hydrogen) atoms. The average molecular weight is 264 g/mol. The summed E-state index contributed by atoms with van der Waals surface area (Å²) < 4.78 is 1.84. The molecule has 0 fully saturated rings. The lowest BCUT2D eigenvalue weighted by atomic mass is 9.93. The molecule has 0 saturated carbocycles. The number of halogens is 1. The van der Waals surface area contributed by atoms with Crippen LogP contribution in [0.5, 0.6) is 0 Å². The van der Waals surface area contributed by atoms with Gasteiger partial charge in [-0.25, -0.2) is 0 Å². The summed E-state index contributed by atoms with van der Waals surface area (Å²) >= 11 is 6.06. The van der Waals surface area contributed by atoms with E-state index in [1.54, 1.807) is 0 Å². The maximum absolute atomic E-state index is 6.06. The minimum Gasteiger partial charge on any atom is -0.319 e. The average Bonchev–Trinajstić information content (AvgIpc) is 2.74. The molecule has 0 aliphatic carbocycles. The van der Waals surface area contributed by atoms with Crippen LogP contribution in [-0.4, -0.2) is 23.4 Å². The van der Waals surface area contributed by atoms with E-state index in [1.165, 1.54) is 11.1 Å². The molecule has 0 aliphatic heterocycles. The van der Waals surface area contributed by atoms with Gasteiger partial charge in [-0.05, 0) is 36.7 Å². The standard InChI is InChI=1S/C14H18ClN3/c1-16-9-13(6-11-8-17-18(2)10-11)12-4-3-5-14(15)7-12/h3-5,7-8,10,13,16H,6,9H2,1-2H3. The highest BCUT2D eigenvalue weighted by molar-refractivity contribution is 6.30. The summed E-state index contributed by atoms with van der Waals surface area (Å²) in [5, 5.41) is 8.25. The second-order valence-electron chi connectivity index (χ2n) is 4.54. The number of hydrogen-bond acceptors (Lipinski definition) is 2. The van der Waals surface area contributed by atoms with E-state index in [9.17, 15) is 0 Å². The summed E-state index contributed by atoms with van der Waals surface area (Å²) in [6, 6.07) is 8.08. The molecule has 0 amide bonds. The van der Waals surface area contributed by atoms with Crippen LogP contribution >= 0.6 is 11.6 Å². The van der Waals surface area contributed by atoms with E-state index in [4.69, 9.17) is 11.6 Å². The van der Waals surface area contributed by atoms with Crippen LogP contribution in [0.1, 0.15) is 17.0 Å². The van der Waals surface area contributed by atoms with Gasteiger partial charge in [-0.15, -0.1) is 0 Å². The fraction of sp³-hybridized carbons (Fsp3) is 0.357. The zero-order valence-corrected chi connectivity index (χ0v) is 11.5. The van der Waals surface area contributed by atoms with Gasteiger partial charge < -0.3 is 5.32 Å². The van der Waals surface area contributed by atoms with Gasteiger partial charge in [0.2, 0.25) is 0 Å². The number of aryl methyl sites for hydroxylation is 1. The summed E-state index contributed by atoms with van der Waals surface area (Å²) in [6.07, 6.45) is 4.95. The van der Waals surface area contributed by atoms with Crippen molar-refractivity contribution in [3.8, 4) is 0 Å². The van der Waals surface area contributed by atoms with Crippen molar-refractivity contribution in [2.75, 3.05) is 13.6 Å². The molecule has 0 radical (unpaired) electrons. The van der Waals surface area contributed by atoms with Gasteiger partial charge in [0.25, 0.3) is 0 Å². The van der Waals surface area contributed by atoms with Crippen LogP contribution in [-0.2, 0) is 13.5 Å². The fourth-order valence-electron chi connectivity index (χ4n) is 2.18. The smallest absolute Gasteiger partial charge is 0.0521 e. The normalized spacial score (nSPS) is 12.6. The Morgan fingerprint density at radius 3 is 2.89 bits per heavy atom. The first kappa shape index (κ1) is 13.1. The van der Waals surface area contributed by atoms with Crippen molar-refractivity contribution in [2.45, 2.75) is 12.3 Å². The number of nitrogens with one attached hydrogen (secondary N) is 1. The van der Waals surface area contributed by atoms with Crippen molar-refractivity contribution in [2.24, 2.45) is 7.05 Å². The second-order valence-corrected chi connectivity index (χ2v) is 4.97. The van der Waals surface area contributed by atoms with E-state index in [2.05, 4.69) is 22.7 Å². The molecule has 0 bridgehead atoms. The lowest BCUT2D eigenvalue weighted by molar-refractivity contribution is 0.625. The van der Waals surface area contributed by atoms with Crippen molar-refractivity contribution in [3.63, 3.8) is 0 Å². The SMILES string of the molecule is CNCC(Cc1cnn(C)c1)c1cccc(Cl)c1. The Balaban J connectivity index is 2.17. The molecule has 96 valence electrons. The van der Waals surface area contributed by atoms with E-state index in [0.29, 0.717) is 5.92 Å². The predicted octanol–water partition coefficient (Wildman–Crippen LogP) is 2.62. The third-order valence-electron chi connectivity index (χ3n) is 3.01. The summed E-state index contributed by atoms with van der Waals surface area (Å²) in [7, 11) is 3.91. The summed E-state index contributed by atoms with van der Waals surface area (Å²) in [5.74, 6) is 0.415. The van der Waals surface area contributed by atoms with Crippen LogP contribution in [0.2, 0.25) is 5.02 Å². The fourth-order valence-corrected chi connectivity index (χ4v) is 2.38. The van der Waals surface area contributed by atoms with Gasteiger partial charge in [0.15, 0.2) is 0 Å². The van der Waals surface area contributed by atoms with Gasteiger partial charge >= 0.3 is 0 Å². The van der Waals surface area contributed by atoms with Crippen LogP contribution in [0.4, 0.5) is 0 Å². The highest BCUT2D eigenvalue weighted by atomic mass is 35.5. The first-order chi connectivity index (χ1) is 8.69. The number of likely N-dealkylation sites (N-methyl/N-ethyl adjacent to an activating group) is 1. The molecule has 1 aromatic heterocycles. The van der Waals surface area contributed by atoms with E-state index < -0.39 is 0 Å². The molecule has 3 nitrogen and oxygen atoms in total. The Hall–Kier alpha value is -1.32. The van der Waals surface area contributed by atoms with Gasteiger partial charge in [0.05, 0.1) is 6.20 Å². The Labute approximate surface area is 113 Å². The lowest BCUT2D eigenvalue weighted by Crippen LogP contribution is -2.19. The van der Waals surface area contributed by atoms with Crippen molar-refractivity contribution >= 4 is 11.6 Å². The first-order valence-electron chi connectivity index (χ1n) is 6.06. The number of rotatable bonds is 5. The molecular weight excluding hydrogens is 246 g/mol. The minimum atomic E-state index is 0.415. The quantitative estimate of drug-likeness (QED) is 0.899.